The van der Waals surface area contributed by atoms with Crippen LogP contribution in [0, 0.1) is 0 Å². The van der Waals surface area contributed by atoms with Gasteiger partial charge < -0.3 is 0 Å². The average molecular weight is 227 g/mol. The molecule has 0 saturated heterocycles. The lowest BCUT2D eigenvalue weighted by atomic mass is 10.4. The van der Waals surface area contributed by atoms with E-state index in [1.807, 2.05) is 0 Å². The molecular weight excluding hydrogens is 221 g/mol. The molecule has 1 aromatic heterocycles. The fourth-order valence-electron chi connectivity index (χ4n) is 0.809. The normalized spacial score (nSPS) is 14.1. The summed E-state index contributed by atoms with van der Waals surface area (Å²) in [6.45, 7) is 1.36. The first-order chi connectivity index (χ1) is 6.32. The Morgan fingerprint density at radius 3 is 2.57 bits per heavy atom. The number of halogens is 4. The van der Waals surface area contributed by atoms with Gasteiger partial charge >= 0.3 is 6.18 Å². The third-order valence-corrected chi connectivity index (χ3v) is 1.94. The Kier molecular flexibility index (Phi) is 2.84. The van der Waals surface area contributed by atoms with E-state index in [-0.39, 0.29) is 0 Å². The Morgan fingerprint density at radius 2 is 2.21 bits per heavy atom. The van der Waals surface area contributed by atoms with Crippen LogP contribution < -0.4 is 0 Å². The molecule has 3 nitrogen and oxygen atoms in total. The monoisotopic (exact) mass is 226 g/mol. The van der Waals surface area contributed by atoms with E-state index in [0.29, 0.717) is 0 Å². The summed E-state index contributed by atoms with van der Waals surface area (Å²) in [5.41, 5.74) is -1.04. The molecule has 1 heterocycles. The fourth-order valence-corrected chi connectivity index (χ4v) is 0.909. The second-order valence-electron chi connectivity index (χ2n) is 2.66. The van der Waals surface area contributed by atoms with Gasteiger partial charge in [0.05, 0.1) is 0 Å². The van der Waals surface area contributed by atoms with E-state index >= 15 is 0 Å². The van der Waals surface area contributed by atoms with Gasteiger partial charge in [-0.15, -0.1) is 0 Å². The Bertz CT molecular complexity index is 347. The molecule has 0 N–H and O–H groups in total. The van der Waals surface area contributed by atoms with Crippen LogP contribution in [0.5, 0.6) is 0 Å². The predicted octanol–water partition coefficient (Wildman–Crippen LogP) is 2.23. The van der Waals surface area contributed by atoms with Crippen LogP contribution in [0.25, 0.3) is 0 Å². The van der Waals surface area contributed by atoms with Gasteiger partial charge in [0.2, 0.25) is 5.24 Å². The van der Waals surface area contributed by atoms with Crippen molar-refractivity contribution in [1.29, 1.82) is 0 Å². The molecule has 0 amide bonds. The smallest absolute Gasteiger partial charge is 0.279 e. The zero-order chi connectivity index (χ0) is 10.9. The molecule has 0 aliphatic rings. The third kappa shape index (κ3) is 2.25. The van der Waals surface area contributed by atoms with Gasteiger partial charge in [-0.1, -0.05) is 0 Å². The van der Waals surface area contributed by atoms with Gasteiger partial charge in [-0.25, -0.2) is 0 Å². The molecule has 1 rings (SSSR count). The molecule has 14 heavy (non-hydrogen) atoms. The minimum absolute atomic E-state index is 0.762. The van der Waals surface area contributed by atoms with Crippen LogP contribution in [0.15, 0.2) is 12.3 Å². The molecule has 1 unspecified atom stereocenters. The summed E-state index contributed by atoms with van der Waals surface area (Å²) in [6.07, 6.45) is -3.44. The number of nitrogens with zero attached hydrogens (tertiary/aromatic N) is 2. The zero-order valence-electron chi connectivity index (χ0n) is 7.05. The number of carbonyl (C=O) groups excluding carboxylic acids is 1. The van der Waals surface area contributed by atoms with Crippen molar-refractivity contribution in [2.45, 2.75) is 19.1 Å². The van der Waals surface area contributed by atoms with E-state index in [2.05, 4.69) is 5.10 Å². The number of carbonyl (C=O) groups is 1. The molecule has 0 radical (unpaired) electrons. The Labute approximate surface area is 82.5 Å². The highest BCUT2D eigenvalue weighted by Gasteiger charge is 2.34. The maximum absolute atomic E-state index is 12.1. The van der Waals surface area contributed by atoms with Gasteiger partial charge in [-0.2, -0.15) is 18.3 Å². The van der Waals surface area contributed by atoms with Crippen molar-refractivity contribution in [3.05, 3.63) is 18.0 Å². The topological polar surface area (TPSA) is 34.9 Å². The summed E-state index contributed by atoms with van der Waals surface area (Å²) in [5.74, 6) is 0. The lowest BCUT2D eigenvalue weighted by Crippen LogP contribution is -2.14. The first-order valence-corrected chi connectivity index (χ1v) is 4.02. The van der Waals surface area contributed by atoms with Crippen molar-refractivity contribution in [1.82, 2.24) is 9.78 Å². The molecule has 0 spiro atoms. The zero-order valence-corrected chi connectivity index (χ0v) is 7.80. The maximum Gasteiger partial charge on any atom is 0.435 e. The van der Waals surface area contributed by atoms with Crippen molar-refractivity contribution in [2.24, 2.45) is 0 Å². The first-order valence-electron chi connectivity index (χ1n) is 3.64. The highest BCUT2D eigenvalue weighted by molar-refractivity contribution is 6.64. The molecule has 0 bridgehead atoms. The molecule has 0 aliphatic carbocycles. The first kappa shape index (κ1) is 11.0. The highest BCUT2D eigenvalue weighted by Crippen LogP contribution is 2.27. The Balaban J connectivity index is 2.94. The summed E-state index contributed by atoms with van der Waals surface area (Å²) in [6, 6.07) is -0.108. The van der Waals surface area contributed by atoms with Crippen molar-refractivity contribution in [3.8, 4) is 0 Å². The van der Waals surface area contributed by atoms with E-state index in [4.69, 9.17) is 11.6 Å². The minimum atomic E-state index is -4.50. The van der Waals surface area contributed by atoms with Crippen LogP contribution in [0.4, 0.5) is 13.2 Å². The van der Waals surface area contributed by atoms with E-state index in [1.165, 1.54) is 6.92 Å². The Hall–Kier alpha value is -1.04. The van der Waals surface area contributed by atoms with Crippen LogP contribution >= 0.6 is 11.6 Å². The number of aromatic nitrogens is 2. The third-order valence-electron chi connectivity index (χ3n) is 1.62. The molecule has 0 fully saturated rings. The quantitative estimate of drug-likeness (QED) is 0.725. The lowest BCUT2D eigenvalue weighted by Gasteiger charge is -2.06. The number of hydrogen-bond donors (Lipinski definition) is 0. The van der Waals surface area contributed by atoms with Crippen LogP contribution in [0.1, 0.15) is 18.7 Å². The molecule has 0 saturated carbocycles. The van der Waals surface area contributed by atoms with Gasteiger partial charge in [0, 0.05) is 6.20 Å². The summed E-state index contributed by atoms with van der Waals surface area (Å²) in [7, 11) is 0. The van der Waals surface area contributed by atoms with Crippen molar-refractivity contribution in [2.75, 3.05) is 0 Å². The lowest BCUT2D eigenvalue weighted by molar-refractivity contribution is -0.141. The fraction of sp³-hybridized carbons (Fsp3) is 0.429. The molecule has 1 aromatic rings. The van der Waals surface area contributed by atoms with Gasteiger partial charge in [-0.05, 0) is 24.6 Å². The van der Waals surface area contributed by atoms with E-state index < -0.39 is 23.2 Å². The average Bonchev–Trinajstić information content (AvgIpc) is 2.49. The van der Waals surface area contributed by atoms with Crippen molar-refractivity contribution in [3.63, 3.8) is 0 Å². The van der Waals surface area contributed by atoms with E-state index in [9.17, 15) is 18.0 Å². The second kappa shape index (κ2) is 3.61. The maximum atomic E-state index is 12.1. The van der Waals surface area contributed by atoms with Gasteiger partial charge in [0.15, 0.2) is 5.69 Å². The minimum Gasteiger partial charge on any atom is -0.279 e. The van der Waals surface area contributed by atoms with Crippen molar-refractivity contribution < 1.29 is 18.0 Å². The Morgan fingerprint density at radius 1 is 1.64 bits per heavy atom. The van der Waals surface area contributed by atoms with Gasteiger partial charge in [-0.3, -0.25) is 9.48 Å². The molecule has 0 aliphatic heterocycles. The number of hydrogen-bond acceptors (Lipinski definition) is 2. The molecule has 7 heteroatoms. The molecule has 1 atom stereocenters. The summed E-state index contributed by atoms with van der Waals surface area (Å²) in [5, 5.41) is 2.43. The predicted molar refractivity (Wildman–Crippen MR) is 42.8 cm³/mol. The van der Waals surface area contributed by atoms with Crippen LogP contribution in [-0.2, 0) is 11.0 Å². The summed E-state index contributed by atoms with van der Waals surface area (Å²) in [4.78, 5) is 10.6. The van der Waals surface area contributed by atoms with Crippen LogP contribution in [0.3, 0.4) is 0 Å². The summed E-state index contributed by atoms with van der Waals surface area (Å²) < 4.78 is 37.1. The standard InChI is InChI=1S/C7H6ClF3N2O/c1-4(6(8)14)13-3-2-5(12-13)7(9,10)11/h2-4H,1H3. The van der Waals surface area contributed by atoms with Gasteiger partial charge in [0.1, 0.15) is 6.04 Å². The highest BCUT2D eigenvalue weighted by atomic mass is 35.5. The van der Waals surface area contributed by atoms with Crippen LogP contribution in [0.2, 0.25) is 0 Å². The van der Waals surface area contributed by atoms with E-state index in [0.717, 1.165) is 16.9 Å². The largest absolute Gasteiger partial charge is 0.435 e. The van der Waals surface area contributed by atoms with E-state index in [1.54, 1.807) is 0 Å². The summed E-state index contributed by atoms with van der Waals surface area (Å²) >= 11 is 5.11. The number of alkyl halides is 3. The molecule has 78 valence electrons. The SMILES string of the molecule is CC(C(=O)Cl)n1ccc(C(F)(F)F)n1. The molecular formula is C7H6ClF3N2O. The second-order valence-corrected chi connectivity index (χ2v) is 3.03. The van der Waals surface area contributed by atoms with Crippen molar-refractivity contribution >= 4 is 16.8 Å². The molecule has 0 aromatic carbocycles. The van der Waals surface area contributed by atoms with Gasteiger partial charge in [0.25, 0.3) is 0 Å². The number of rotatable bonds is 2. The van der Waals surface area contributed by atoms with Crippen LogP contribution in [-0.4, -0.2) is 15.0 Å².